The first-order valence-electron chi connectivity index (χ1n) is 7.88. The number of anilines is 1. The fraction of sp³-hybridized carbons (Fsp3) is 0.105. The van der Waals surface area contributed by atoms with Crippen LogP contribution in [-0.4, -0.2) is 28.3 Å². The van der Waals surface area contributed by atoms with Gasteiger partial charge in [0, 0.05) is 0 Å². The standard InChI is InChI=1S/C19H14FNO5S/c1-11(18(23)24)26-15-4-2-3-12(9-15)10-16-17(22)21(19(25)27-16)14-7-5-13(20)6-8-14/h2-11H,1H3,(H,23,24)/b16-10+. The summed E-state index contributed by atoms with van der Waals surface area (Å²) < 4.78 is 18.4. The van der Waals surface area contributed by atoms with Crippen LogP contribution in [0.15, 0.2) is 53.4 Å². The number of carbonyl (C=O) groups is 3. The number of rotatable bonds is 5. The zero-order valence-corrected chi connectivity index (χ0v) is 14.9. The lowest BCUT2D eigenvalue weighted by molar-refractivity contribution is -0.144. The van der Waals surface area contributed by atoms with Crippen LogP contribution in [0.2, 0.25) is 0 Å². The molecule has 0 radical (unpaired) electrons. The van der Waals surface area contributed by atoms with E-state index in [1.54, 1.807) is 24.3 Å². The number of nitrogens with zero attached hydrogens (tertiary/aromatic N) is 1. The van der Waals surface area contributed by atoms with E-state index < -0.39 is 29.0 Å². The number of hydrogen-bond donors (Lipinski definition) is 1. The number of carboxylic acid groups (broad SMARTS) is 1. The number of imide groups is 1. The van der Waals surface area contributed by atoms with Crippen molar-refractivity contribution < 1.29 is 28.6 Å². The van der Waals surface area contributed by atoms with Crippen molar-refractivity contribution in [3.05, 3.63) is 64.8 Å². The predicted octanol–water partition coefficient (Wildman–Crippen LogP) is 3.92. The Kier molecular flexibility index (Phi) is 5.27. The third kappa shape index (κ3) is 4.17. The molecular formula is C19H14FNO5S. The Bertz CT molecular complexity index is 941. The van der Waals surface area contributed by atoms with Crippen LogP contribution >= 0.6 is 11.8 Å². The number of thioether (sulfide) groups is 1. The van der Waals surface area contributed by atoms with Gasteiger partial charge in [-0.2, -0.15) is 0 Å². The van der Waals surface area contributed by atoms with Gasteiger partial charge in [0.05, 0.1) is 10.6 Å². The summed E-state index contributed by atoms with van der Waals surface area (Å²) in [5.74, 6) is -1.74. The quantitative estimate of drug-likeness (QED) is 0.783. The molecule has 1 unspecified atom stereocenters. The number of amides is 2. The summed E-state index contributed by atoms with van der Waals surface area (Å²) in [5, 5.41) is 8.43. The van der Waals surface area contributed by atoms with Crippen molar-refractivity contribution in [3.63, 3.8) is 0 Å². The topological polar surface area (TPSA) is 83.9 Å². The maximum absolute atomic E-state index is 13.1. The van der Waals surface area contributed by atoms with E-state index in [0.29, 0.717) is 11.3 Å². The zero-order valence-electron chi connectivity index (χ0n) is 14.1. The molecule has 0 aliphatic carbocycles. The van der Waals surface area contributed by atoms with Crippen molar-refractivity contribution in [2.24, 2.45) is 0 Å². The molecule has 2 aromatic carbocycles. The van der Waals surface area contributed by atoms with Gasteiger partial charge in [-0.25, -0.2) is 14.1 Å². The van der Waals surface area contributed by atoms with Gasteiger partial charge in [-0.15, -0.1) is 0 Å². The Hall–Kier alpha value is -3.13. The summed E-state index contributed by atoms with van der Waals surface area (Å²) >= 11 is 0.770. The molecule has 1 aliphatic rings. The maximum atomic E-state index is 13.1. The van der Waals surface area contributed by atoms with Gasteiger partial charge in [0.15, 0.2) is 6.10 Å². The molecule has 1 heterocycles. The second-order valence-corrected chi connectivity index (χ2v) is 6.66. The smallest absolute Gasteiger partial charge is 0.344 e. The fourth-order valence-corrected chi connectivity index (χ4v) is 3.21. The Labute approximate surface area is 158 Å². The molecule has 0 spiro atoms. The molecule has 2 aromatic rings. The Morgan fingerprint density at radius 3 is 2.59 bits per heavy atom. The molecule has 1 saturated heterocycles. The first-order valence-corrected chi connectivity index (χ1v) is 8.70. The molecule has 3 rings (SSSR count). The van der Waals surface area contributed by atoms with Gasteiger partial charge in [-0.1, -0.05) is 12.1 Å². The minimum atomic E-state index is -1.10. The van der Waals surface area contributed by atoms with Gasteiger partial charge < -0.3 is 9.84 Å². The van der Waals surface area contributed by atoms with E-state index >= 15 is 0 Å². The van der Waals surface area contributed by atoms with Gasteiger partial charge in [0.25, 0.3) is 11.1 Å². The molecule has 138 valence electrons. The SMILES string of the molecule is CC(Oc1cccc(/C=C2/SC(=O)N(c3ccc(F)cc3)C2=O)c1)C(=O)O. The molecule has 8 heteroatoms. The lowest BCUT2D eigenvalue weighted by Gasteiger charge is -2.12. The summed E-state index contributed by atoms with van der Waals surface area (Å²) in [7, 11) is 0. The van der Waals surface area contributed by atoms with Crippen molar-refractivity contribution in [1.82, 2.24) is 0 Å². The molecule has 2 amide bonds. The number of halogens is 1. The normalized spacial score (nSPS) is 16.7. The second-order valence-electron chi connectivity index (χ2n) is 5.66. The number of carboxylic acids is 1. The van der Waals surface area contributed by atoms with E-state index in [4.69, 9.17) is 9.84 Å². The maximum Gasteiger partial charge on any atom is 0.344 e. The van der Waals surface area contributed by atoms with Crippen LogP contribution in [0.3, 0.4) is 0 Å². The number of aliphatic carboxylic acids is 1. The molecule has 0 saturated carbocycles. The van der Waals surface area contributed by atoms with Crippen LogP contribution in [0.1, 0.15) is 12.5 Å². The van der Waals surface area contributed by atoms with Crippen molar-refractivity contribution in [3.8, 4) is 5.75 Å². The molecule has 0 aromatic heterocycles. The van der Waals surface area contributed by atoms with Crippen molar-refractivity contribution in [2.75, 3.05) is 4.90 Å². The van der Waals surface area contributed by atoms with Gasteiger partial charge in [0.2, 0.25) is 0 Å². The fourth-order valence-electron chi connectivity index (χ4n) is 2.36. The molecule has 0 bridgehead atoms. The van der Waals surface area contributed by atoms with Crippen molar-refractivity contribution >= 4 is 40.6 Å². The molecular weight excluding hydrogens is 373 g/mol. The summed E-state index contributed by atoms with van der Waals surface area (Å²) in [6.07, 6.45) is 0.498. The third-order valence-corrected chi connectivity index (χ3v) is 4.56. The molecule has 1 aliphatic heterocycles. The molecule has 6 nitrogen and oxygen atoms in total. The average molecular weight is 387 g/mol. The molecule has 27 heavy (non-hydrogen) atoms. The first-order chi connectivity index (χ1) is 12.8. The van der Waals surface area contributed by atoms with E-state index in [1.165, 1.54) is 37.3 Å². The minimum absolute atomic E-state index is 0.202. The Morgan fingerprint density at radius 2 is 1.93 bits per heavy atom. The van der Waals surface area contributed by atoms with E-state index in [0.717, 1.165) is 16.7 Å². The highest BCUT2D eigenvalue weighted by Gasteiger charge is 2.36. The first kappa shape index (κ1) is 18.7. The Balaban J connectivity index is 1.83. The lowest BCUT2D eigenvalue weighted by Crippen LogP contribution is -2.27. The average Bonchev–Trinajstić information content (AvgIpc) is 2.90. The molecule has 1 N–H and O–H groups in total. The van der Waals surface area contributed by atoms with Gasteiger partial charge >= 0.3 is 5.97 Å². The van der Waals surface area contributed by atoms with Gasteiger partial charge in [0.1, 0.15) is 11.6 Å². The van der Waals surface area contributed by atoms with Crippen molar-refractivity contribution in [2.45, 2.75) is 13.0 Å². The number of hydrogen-bond acceptors (Lipinski definition) is 5. The molecule has 1 atom stereocenters. The highest BCUT2D eigenvalue weighted by Crippen LogP contribution is 2.36. The zero-order chi connectivity index (χ0) is 19.6. The lowest BCUT2D eigenvalue weighted by atomic mass is 10.2. The third-order valence-electron chi connectivity index (χ3n) is 3.70. The summed E-state index contributed by atoms with van der Waals surface area (Å²) in [6, 6.07) is 11.6. The second kappa shape index (κ2) is 7.63. The number of benzene rings is 2. The van der Waals surface area contributed by atoms with Crippen LogP contribution in [0, 0.1) is 5.82 Å². The largest absolute Gasteiger partial charge is 0.479 e. The van der Waals surface area contributed by atoms with Crippen molar-refractivity contribution in [1.29, 1.82) is 0 Å². The monoisotopic (exact) mass is 387 g/mol. The number of carbonyl (C=O) groups excluding carboxylic acids is 2. The van der Waals surface area contributed by atoms with Crippen LogP contribution in [0.4, 0.5) is 14.9 Å². The van der Waals surface area contributed by atoms with E-state index in [-0.39, 0.29) is 10.6 Å². The highest BCUT2D eigenvalue weighted by molar-refractivity contribution is 8.19. The predicted molar refractivity (Wildman–Crippen MR) is 99.0 cm³/mol. The van der Waals surface area contributed by atoms with Crippen LogP contribution in [0.25, 0.3) is 6.08 Å². The number of ether oxygens (including phenoxy) is 1. The summed E-state index contributed by atoms with van der Waals surface area (Å²) in [4.78, 5) is 36.8. The summed E-state index contributed by atoms with van der Waals surface area (Å²) in [6.45, 7) is 1.41. The van der Waals surface area contributed by atoms with Crippen LogP contribution in [-0.2, 0) is 9.59 Å². The minimum Gasteiger partial charge on any atom is -0.479 e. The van der Waals surface area contributed by atoms with E-state index in [1.807, 2.05) is 0 Å². The van der Waals surface area contributed by atoms with Gasteiger partial charge in [-0.3, -0.25) is 9.59 Å². The van der Waals surface area contributed by atoms with Crippen LogP contribution < -0.4 is 9.64 Å². The van der Waals surface area contributed by atoms with E-state index in [9.17, 15) is 18.8 Å². The van der Waals surface area contributed by atoms with E-state index in [2.05, 4.69) is 0 Å². The summed E-state index contributed by atoms with van der Waals surface area (Å²) in [5.41, 5.74) is 0.865. The van der Waals surface area contributed by atoms with Gasteiger partial charge in [-0.05, 0) is 66.7 Å². The highest BCUT2D eigenvalue weighted by atomic mass is 32.2. The Morgan fingerprint density at radius 1 is 1.22 bits per heavy atom. The van der Waals surface area contributed by atoms with Crippen LogP contribution in [0.5, 0.6) is 5.75 Å². The molecule has 1 fully saturated rings.